The molecule has 0 aliphatic heterocycles. The average Bonchev–Trinajstić information content (AvgIpc) is 2.16. The zero-order chi connectivity index (χ0) is 10.7. The van der Waals surface area contributed by atoms with Gasteiger partial charge in [-0.25, -0.2) is 0 Å². The summed E-state index contributed by atoms with van der Waals surface area (Å²) < 4.78 is 0. The molecule has 0 amide bonds. The molecule has 3 atom stereocenters. The van der Waals surface area contributed by atoms with Crippen LogP contribution >= 0.6 is 0 Å². The first-order valence-electron chi connectivity index (χ1n) is 6.04. The van der Waals surface area contributed by atoms with E-state index in [2.05, 4.69) is 40.7 Å². The summed E-state index contributed by atoms with van der Waals surface area (Å²) >= 11 is 0. The normalized spacial score (nSPS) is 33.4. The Morgan fingerprint density at radius 2 is 2.00 bits per heavy atom. The van der Waals surface area contributed by atoms with Crippen LogP contribution in [0.4, 0.5) is 0 Å². The first-order valence-corrected chi connectivity index (χ1v) is 6.04. The minimum Gasteiger partial charge on any atom is -0.0993 e. The van der Waals surface area contributed by atoms with E-state index in [1.165, 1.54) is 24.8 Å². The van der Waals surface area contributed by atoms with Crippen LogP contribution in [-0.4, -0.2) is 0 Å². The SMILES string of the molecule is C=C([CH]C)C1CC(C)CCC1C(C)C. The molecule has 0 bridgehead atoms. The Bertz CT molecular complexity index is 190. The summed E-state index contributed by atoms with van der Waals surface area (Å²) in [6.45, 7) is 13.4. The van der Waals surface area contributed by atoms with E-state index < -0.39 is 0 Å². The summed E-state index contributed by atoms with van der Waals surface area (Å²) in [6.07, 6.45) is 6.37. The lowest BCUT2D eigenvalue weighted by Gasteiger charge is -2.38. The van der Waals surface area contributed by atoms with Crippen LogP contribution in [0.25, 0.3) is 0 Å². The Hall–Kier alpha value is -0.260. The molecule has 0 heterocycles. The molecule has 14 heavy (non-hydrogen) atoms. The molecule has 1 fully saturated rings. The lowest BCUT2D eigenvalue weighted by Crippen LogP contribution is -2.28. The Labute approximate surface area is 89.8 Å². The number of hydrogen-bond acceptors (Lipinski definition) is 0. The Morgan fingerprint density at radius 1 is 1.36 bits per heavy atom. The van der Waals surface area contributed by atoms with Crippen LogP contribution in [0.3, 0.4) is 0 Å². The fourth-order valence-electron chi connectivity index (χ4n) is 2.84. The summed E-state index contributed by atoms with van der Waals surface area (Å²) in [7, 11) is 0. The molecule has 0 heteroatoms. The molecule has 0 spiro atoms. The van der Waals surface area contributed by atoms with Crippen molar-refractivity contribution in [2.45, 2.75) is 47.0 Å². The predicted molar refractivity (Wildman–Crippen MR) is 63.9 cm³/mol. The molecule has 0 aromatic carbocycles. The van der Waals surface area contributed by atoms with Gasteiger partial charge in [0.2, 0.25) is 0 Å². The van der Waals surface area contributed by atoms with Crippen molar-refractivity contribution in [2.24, 2.45) is 23.7 Å². The lowest BCUT2D eigenvalue weighted by molar-refractivity contribution is 0.171. The Balaban J connectivity index is 2.68. The van der Waals surface area contributed by atoms with Crippen LogP contribution in [0.15, 0.2) is 12.2 Å². The smallest absolute Gasteiger partial charge is 0.0168 e. The van der Waals surface area contributed by atoms with Crippen molar-refractivity contribution < 1.29 is 0 Å². The fourth-order valence-corrected chi connectivity index (χ4v) is 2.84. The van der Waals surface area contributed by atoms with Gasteiger partial charge in [0, 0.05) is 0 Å². The van der Waals surface area contributed by atoms with Gasteiger partial charge in [-0.3, -0.25) is 0 Å². The molecule has 0 nitrogen and oxygen atoms in total. The summed E-state index contributed by atoms with van der Waals surface area (Å²) in [5.74, 6) is 3.33. The number of rotatable bonds is 3. The maximum Gasteiger partial charge on any atom is -0.0168 e. The number of allylic oxidation sites excluding steroid dienone is 1. The second kappa shape index (κ2) is 5.00. The van der Waals surface area contributed by atoms with E-state index in [1.54, 1.807) is 0 Å². The first kappa shape index (κ1) is 11.8. The van der Waals surface area contributed by atoms with Crippen molar-refractivity contribution in [3.8, 4) is 0 Å². The third-order valence-corrected chi connectivity index (χ3v) is 3.87. The molecule has 1 radical (unpaired) electrons. The van der Waals surface area contributed by atoms with E-state index >= 15 is 0 Å². The maximum atomic E-state index is 4.21. The van der Waals surface area contributed by atoms with Crippen molar-refractivity contribution >= 4 is 0 Å². The minimum atomic E-state index is 0.753. The molecular weight excluding hydrogens is 168 g/mol. The average molecular weight is 193 g/mol. The van der Waals surface area contributed by atoms with E-state index in [0.29, 0.717) is 0 Å². The van der Waals surface area contributed by atoms with Gasteiger partial charge in [0.15, 0.2) is 0 Å². The molecule has 1 aliphatic carbocycles. The minimum absolute atomic E-state index is 0.753. The van der Waals surface area contributed by atoms with Crippen LogP contribution in [0.1, 0.15) is 47.0 Å². The van der Waals surface area contributed by atoms with E-state index in [-0.39, 0.29) is 0 Å². The van der Waals surface area contributed by atoms with E-state index in [4.69, 9.17) is 0 Å². The molecule has 0 aromatic rings. The summed E-state index contributed by atoms with van der Waals surface area (Å²) in [6, 6.07) is 0. The van der Waals surface area contributed by atoms with E-state index in [0.717, 1.165) is 23.7 Å². The highest BCUT2D eigenvalue weighted by molar-refractivity contribution is 5.13. The van der Waals surface area contributed by atoms with Crippen molar-refractivity contribution in [1.82, 2.24) is 0 Å². The van der Waals surface area contributed by atoms with Crippen LogP contribution < -0.4 is 0 Å². The Morgan fingerprint density at radius 3 is 2.50 bits per heavy atom. The summed E-state index contributed by atoms with van der Waals surface area (Å²) in [5.41, 5.74) is 1.37. The molecule has 81 valence electrons. The molecule has 1 aliphatic rings. The molecule has 1 saturated carbocycles. The van der Waals surface area contributed by atoms with Gasteiger partial charge in [-0.2, -0.15) is 0 Å². The maximum absolute atomic E-state index is 4.21. The van der Waals surface area contributed by atoms with Gasteiger partial charge in [-0.1, -0.05) is 46.3 Å². The highest BCUT2D eigenvalue weighted by atomic mass is 14.4. The van der Waals surface area contributed by atoms with Gasteiger partial charge in [-0.05, 0) is 42.9 Å². The number of hydrogen-bond donors (Lipinski definition) is 0. The third kappa shape index (κ3) is 2.62. The van der Waals surface area contributed by atoms with E-state index in [9.17, 15) is 0 Å². The zero-order valence-electron chi connectivity index (χ0n) is 10.2. The van der Waals surface area contributed by atoms with E-state index in [1.807, 2.05) is 0 Å². The molecule has 0 aromatic heterocycles. The van der Waals surface area contributed by atoms with Crippen LogP contribution in [0.2, 0.25) is 0 Å². The highest BCUT2D eigenvalue weighted by Gasteiger charge is 2.31. The van der Waals surface area contributed by atoms with Crippen molar-refractivity contribution in [3.63, 3.8) is 0 Å². The topological polar surface area (TPSA) is 0 Å². The Kier molecular flexibility index (Phi) is 4.22. The van der Waals surface area contributed by atoms with Gasteiger partial charge in [0.05, 0.1) is 0 Å². The van der Waals surface area contributed by atoms with Gasteiger partial charge in [-0.15, -0.1) is 0 Å². The molecule has 1 rings (SSSR count). The summed E-state index contributed by atoms with van der Waals surface area (Å²) in [4.78, 5) is 0. The zero-order valence-corrected chi connectivity index (χ0v) is 10.2. The van der Waals surface area contributed by atoms with Gasteiger partial charge < -0.3 is 0 Å². The first-order chi connectivity index (χ1) is 6.56. The quantitative estimate of drug-likeness (QED) is 0.620. The van der Waals surface area contributed by atoms with Crippen molar-refractivity contribution in [1.29, 1.82) is 0 Å². The molecule has 3 unspecified atom stereocenters. The second-order valence-corrected chi connectivity index (χ2v) is 5.30. The van der Waals surface area contributed by atoms with Gasteiger partial charge >= 0.3 is 0 Å². The second-order valence-electron chi connectivity index (χ2n) is 5.30. The van der Waals surface area contributed by atoms with Crippen molar-refractivity contribution in [2.75, 3.05) is 0 Å². The predicted octanol–water partition coefficient (Wildman–Crippen LogP) is 4.48. The van der Waals surface area contributed by atoms with Crippen LogP contribution in [0.5, 0.6) is 0 Å². The highest BCUT2D eigenvalue weighted by Crippen LogP contribution is 2.41. The third-order valence-electron chi connectivity index (χ3n) is 3.87. The van der Waals surface area contributed by atoms with Gasteiger partial charge in [0.1, 0.15) is 0 Å². The molecule has 0 N–H and O–H groups in total. The molecular formula is C14H25. The van der Waals surface area contributed by atoms with Crippen molar-refractivity contribution in [3.05, 3.63) is 18.6 Å². The standard InChI is InChI=1S/C14H25/c1-6-12(5)14-9-11(4)7-8-13(14)10(2)3/h6,10-11,13-14H,5,7-9H2,1-4H3. The largest absolute Gasteiger partial charge is 0.0993 e. The van der Waals surface area contributed by atoms with Crippen LogP contribution in [0, 0.1) is 30.1 Å². The fraction of sp³-hybridized carbons (Fsp3) is 0.786. The van der Waals surface area contributed by atoms with Crippen LogP contribution in [-0.2, 0) is 0 Å². The summed E-state index contributed by atoms with van der Waals surface area (Å²) in [5, 5.41) is 0. The lowest BCUT2D eigenvalue weighted by atomic mass is 9.67. The monoisotopic (exact) mass is 193 g/mol. The van der Waals surface area contributed by atoms with Gasteiger partial charge in [0.25, 0.3) is 0 Å². The molecule has 0 saturated heterocycles.